The molecule has 1 aliphatic carbocycles. The van der Waals surface area contributed by atoms with Crippen LogP contribution in [0.2, 0.25) is 0 Å². The van der Waals surface area contributed by atoms with Gasteiger partial charge in [0.05, 0.1) is 23.5 Å². The monoisotopic (exact) mass is 292 g/mol. The lowest BCUT2D eigenvalue weighted by atomic mass is 9.85. The second-order valence-corrected chi connectivity index (χ2v) is 5.36. The molecule has 0 radical (unpaired) electrons. The van der Waals surface area contributed by atoms with E-state index < -0.39 is 0 Å². The van der Waals surface area contributed by atoms with Crippen molar-refractivity contribution in [2.24, 2.45) is 5.92 Å². The largest absolute Gasteiger partial charge is 0.354 e. The third kappa shape index (κ3) is 3.23. The number of rotatable bonds is 4. The second kappa shape index (κ2) is 6.27. The summed E-state index contributed by atoms with van der Waals surface area (Å²) in [5.41, 5.74) is 2.33. The molecule has 1 heterocycles. The molecule has 5 nitrogen and oxygen atoms in total. The molecule has 5 heteroatoms. The molecule has 1 amide bonds. The topological polar surface area (TPSA) is 77.8 Å². The van der Waals surface area contributed by atoms with Crippen LogP contribution in [0, 0.1) is 17.2 Å². The summed E-state index contributed by atoms with van der Waals surface area (Å²) < 4.78 is 0. The maximum Gasteiger partial charge on any atom is 0.228 e. The Bertz CT molecular complexity index is 697. The molecule has 1 aromatic heterocycles. The van der Waals surface area contributed by atoms with Crippen LogP contribution in [0.5, 0.6) is 0 Å². The Hall–Kier alpha value is -2.87. The Morgan fingerprint density at radius 2 is 1.86 bits per heavy atom. The minimum Gasteiger partial charge on any atom is -0.354 e. The summed E-state index contributed by atoms with van der Waals surface area (Å²) in [6.07, 6.45) is 4.77. The van der Waals surface area contributed by atoms with Crippen molar-refractivity contribution in [2.45, 2.75) is 19.3 Å². The van der Waals surface area contributed by atoms with E-state index in [1.54, 1.807) is 24.4 Å². The van der Waals surface area contributed by atoms with Gasteiger partial charge in [-0.25, -0.2) is 4.98 Å². The standard InChI is InChI=1S/C17H16N4O/c18-10-12-4-6-14(7-5-12)20-15-8-9-16(19-11-15)21-17(22)13-2-1-3-13/h4-9,11,13,20H,1-3H2,(H,19,21,22). The highest BCUT2D eigenvalue weighted by Crippen LogP contribution is 2.27. The number of pyridine rings is 1. The third-order valence-electron chi connectivity index (χ3n) is 3.79. The lowest BCUT2D eigenvalue weighted by Crippen LogP contribution is -2.28. The van der Waals surface area contributed by atoms with Crippen molar-refractivity contribution in [3.63, 3.8) is 0 Å². The van der Waals surface area contributed by atoms with E-state index in [4.69, 9.17) is 5.26 Å². The summed E-state index contributed by atoms with van der Waals surface area (Å²) >= 11 is 0. The quantitative estimate of drug-likeness (QED) is 0.905. The zero-order valence-corrected chi connectivity index (χ0v) is 12.0. The number of hydrogen-bond donors (Lipinski definition) is 2. The molecule has 1 fully saturated rings. The fourth-order valence-corrected chi connectivity index (χ4v) is 2.24. The zero-order chi connectivity index (χ0) is 15.4. The average Bonchev–Trinajstić information content (AvgIpc) is 2.48. The molecule has 0 bridgehead atoms. The van der Waals surface area contributed by atoms with Crippen LogP contribution in [0.1, 0.15) is 24.8 Å². The fraction of sp³-hybridized carbons (Fsp3) is 0.235. The van der Waals surface area contributed by atoms with Crippen molar-refractivity contribution < 1.29 is 4.79 Å². The van der Waals surface area contributed by atoms with E-state index in [1.807, 2.05) is 18.2 Å². The van der Waals surface area contributed by atoms with Crippen LogP contribution in [0.25, 0.3) is 0 Å². The molecule has 0 unspecified atom stereocenters. The number of hydrogen-bond acceptors (Lipinski definition) is 4. The van der Waals surface area contributed by atoms with E-state index in [0.29, 0.717) is 11.4 Å². The van der Waals surface area contributed by atoms with Crippen molar-refractivity contribution in [2.75, 3.05) is 10.6 Å². The molecule has 1 aromatic carbocycles. The van der Waals surface area contributed by atoms with Crippen molar-refractivity contribution in [1.29, 1.82) is 5.26 Å². The van der Waals surface area contributed by atoms with Gasteiger partial charge in [-0.3, -0.25) is 4.79 Å². The molecular weight excluding hydrogens is 276 g/mol. The van der Waals surface area contributed by atoms with Gasteiger partial charge in [-0.15, -0.1) is 0 Å². The van der Waals surface area contributed by atoms with Gasteiger partial charge < -0.3 is 10.6 Å². The van der Waals surface area contributed by atoms with Crippen LogP contribution < -0.4 is 10.6 Å². The maximum absolute atomic E-state index is 11.8. The van der Waals surface area contributed by atoms with Crippen LogP contribution in [-0.4, -0.2) is 10.9 Å². The van der Waals surface area contributed by atoms with Gasteiger partial charge in [0.2, 0.25) is 5.91 Å². The summed E-state index contributed by atoms with van der Waals surface area (Å²) in [5, 5.41) is 14.8. The zero-order valence-electron chi connectivity index (χ0n) is 12.0. The average molecular weight is 292 g/mol. The Labute approximate surface area is 129 Å². The van der Waals surface area contributed by atoms with Gasteiger partial charge in [0.25, 0.3) is 0 Å². The van der Waals surface area contributed by atoms with Gasteiger partial charge in [0, 0.05) is 11.6 Å². The van der Waals surface area contributed by atoms with E-state index in [0.717, 1.165) is 30.6 Å². The summed E-state index contributed by atoms with van der Waals surface area (Å²) in [7, 11) is 0. The van der Waals surface area contributed by atoms with E-state index >= 15 is 0 Å². The van der Waals surface area contributed by atoms with Crippen LogP contribution in [0.4, 0.5) is 17.2 Å². The normalized spacial score (nSPS) is 13.8. The Morgan fingerprint density at radius 1 is 1.14 bits per heavy atom. The van der Waals surface area contributed by atoms with Crippen LogP contribution >= 0.6 is 0 Å². The number of carbonyl (C=O) groups is 1. The first-order valence-electron chi connectivity index (χ1n) is 7.29. The summed E-state index contributed by atoms with van der Waals surface area (Å²) in [6.45, 7) is 0. The fourth-order valence-electron chi connectivity index (χ4n) is 2.24. The maximum atomic E-state index is 11.8. The molecule has 2 N–H and O–H groups in total. The third-order valence-corrected chi connectivity index (χ3v) is 3.79. The predicted octanol–water partition coefficient (Wildman–Crippen LogP) is 3.44. The SMILES string of the molecule is N#Cc1ccc(Nc2ccc(NC(=O)C3CCC3)nc2)cc1. The second-order valence-electron chi connectivity index (χ2n) is 5.36. The highest BCUT2D eigenvalue weighted by molar-refractivity contribution is 5.92. The highest BCUT2D eigenvalue weighted by Gasteiger charge is 2.25. The molecule has 3 rings (SSSR count). The molecule has 0 spiro atoms. The van der Waals surface area contributed by atoms with E-state index in [2.05, 4.69) is 21.7 Å². The van der Waals surface area contributed by atoms with Gasteiger partial charge in [0.15, 0.2) is 0 Å². The number of carbonyl (C=O) groups excluding carboxylic acids is 1. The van der Waals surface area contributed by atoms with Gasteiger partial charge in [-0.05, 0) is 49.2 Å². The lowest BCUT2D eigenvalue weighted by Gasteiger charge is -2.23. The summed E-state index contributed by atoms with van der Waals surface area (Å²) in [5.74, 6) is 0.784. The number of amides is 1. The summed E-state index contributed by atoms with van der Waals surface area (Å²) in [6, 6.07) is 12.9. The van der Waals surface area contributed by atoms with Gasteiger partial charge in [-0.1, -0.05) is 6.42 Å². The van der Waals surface area contributed by atoms with Crippen LogP contribution in [-0.2, 0) is 4.79 Å². The first kappa shape index (κ1) is 14.1. The lowest BCUT2D eigenvalue weighted by molar-refractivity contribution is -0.122. The van der Waals surface area contributed by atoms with Crippen molar-refractivity contribution in [3.05, 3.63) is 48.2 Å². The predicted molar refractivity (Wildman–Crippen MR) is 84.6 cm³/mol. The summed E-state index contributed by atoms with van der Waals surface area (Å²) in [4.78, 5) is 16.1. The first-order valence-corrected chi connectivity index (χ1v) is 7.29. The molecule has 0 aliphatic heterocycles. The minimum atomic E-state index is 0.0616. The Balaban J connectivity index is 1.60. The minimum absolute atomic E-state index is 0.0616. The van der Waals surface area contributed by atoms with Crippen LogP contribution in [0.15, 0.2) is 42.6 Å². The number of nitrogens with one attached hydrogen (secondary N) is 2. The molecule has 1 aliphatic rings. The Morgan fingerprint density at radius 3 is 2.41 bits per heavy atom. The number of nitrogens with zero attached hydrogens (tertiary/aromatic N) is 2. The molecule has 2 aromatic rings. The van der Waals surface area contributed by atoms with Gasteiger partial charge >= 0.3 is 0 Å². The number of anilines is 3. The van der Waals surface area contributed by atoms with Gasteiger partial charge in [-0.2, -0.15) is 5.26 Å². The number of nitriles is 1. The Kier molecular flexibility index (Phi) is 4.01. The van der Waals surface area contributed by atoms with Crippen molar-refractivity contribution in [1.82, 2.24) is 4.98 Å². The number of benzene rings is 1. The molecule has 110 valence electrons. The molecule has 0 saturated heterocycles. The smallest absolute Gasteiger partial charge is 0.228 e. The van der Waals surface area contributed by atoms with E-state index in [9.17, 15) is 4.79 Å². The van der Waals surface area contributed by atoms with Gasteiger partial charge in [0.1, 0.15) is 5.82 Å². The molecule has 1 saturated carbocycles. The van der Waals surface area contributed by atoms with E-state index in [-0.39, 0.29) is 11.8 Å². The van der Waals surface area contributed by atoms with Crippen molar-refractivity contribution >= 4 is 23.1 Å². The van der Waals surface area contributed by atoms with Crippen LogP contribution in [0.3, 0.4) is 0 Å². The van der Waals surface area contributed by atoms with E-state index in [1.165, 1.54) is 0 Å². The molecular formula is C17H16N4O. The first-order chi connectivity index (χ1) is 10.7. The molecule has 22 heavy (non-hydrogen) atoms. The molecule has 0 atom stereocenters. The highest BCUT2D eigenvalue weighted by atomic mass is 16.2. The number of aromatic nitrogens is 1. The van der Waals surface area contributed by atoms with Crippen molar-refractivity contribution in [3.8, 4) is 6.07 Å².